The zero-order valence-electron chi connectivity index (χ0n) is 17.3. The first-order valence-corrected chi connectivity index (χ1v) is 12.4. The van der Waals surface area contributed by atoms with Gasteiger partial charge in [0.1, 0.15) is 17.4 Å². The molecule has 1 aliphatic rings. The molecule has 33 heavy (non-hydrogen) atoms. The summed E-state index contributed by atoms with van der Waals surface area (Å²) in [5, 5.41) is 19.9. The molecule has 0 radical (unpaired) electrons. The maximum absolute atomic E-state index is 13.5. The number of nitrogens with one attached hydrogen (secondary N) is 2. The molecule has 2 aromatic rings. The smallest absolute Gasteiger partial charge is 0.341 e. The first kappa shape index (κ1) is 24.8. The van der Waals surface area contributed by atoms with Crippen molar-refractivity contribution in [3.05, 3.63) is 63.9 Å². The van der Waals surface area contributed by atoms with Crippen molar-refractivity contribution in [2.24, 2.45) is 0 Å². The van der Waals surface area contributed by atoms with E-state index in [-0.39, 0.29) is 41.7 Å². The summed E-state index contributed by atoms with van der Waals surface area (Å²) >= 11 is 3.25. The highest BCUT2D eigenvalue weighted by molar-refractivity contribution is 9.10. The molecule has 1 aliphatic heterocycles. The number of hydrogen-bond donors (Lipinski definition) is 3. The number of aliphatic carboxylic acids is 1. The second-order valence-electron chi connectivity index (χ2n) is 7.33. The van der Waals surface area contributed by atoms with Crippen LogP contribution in [0.3, 0.4) is 0 Å². The average molecular weight is 542 g/mol. The van der Waals surface area contributed by atoms with Crippen molar-refractivity contribution >= 4 is 43.5 Å². The van der Waals surface area contributed by atoms with Crippen LogP contribution in [0.25, 0.3) is 0 Å². The molecule has 1 fully saturated rings. The summed E-state index contributed by atoms with van der Waals surface area (Å²) < 4.78 is 42.9. The number of carbonyl (C=O) groups excluding carboxylic acids is 1. The predicted octanol–water partition coefficient (Wildman–Crippen LogP) is 2.23. The van der Waals surface area contributed by atoms with Crippen LogP contribution in [0.1, 0.15) is 22.0 Å². The largest absolute Gasteiger partial charge is 0.481 e. The number of ether oxygens (including phenoxy) is 1. The molecule has 3 rings (SSSR count). The van der Waals surface area contributed by atoms with Crippen molar-refractivity contribution in [1.29, 1.82) is 5.41 Å². The van der Waals surface area contributed by atoms with Gasteiger partial charge in [-0.25, -0.2) is 17.6 Å². The second kappa shape index (κ2) is 10.4. The lowest BCUT2D eigenvalue weighted by atomic mass is 10.0. The van der Waals surface area contributed by atoms with Gasteiger partial charge in [0.25, 0.3) is 5.91 Å². The summed E-state index contributed by atoms with van der Waals surface area (Å²) in [6.07, 6.45) is 0. The number of sulfone groups is 1. The van der Waals surface area contributed by atoms with E-state index in [1.807, 2.05) is 0 Å². The Kier molecular flexibility index (Phi) is 7.82. The number of halogens is 2. The van der Waals surface area contributed by atoms with Gasteiger partial charge in [-0.3, -0.25) is 15.1 Å². The lowest BCUT2D eigenvalue weighted by molar-refractivity contribution is -0.139. The van der Waals surface area contributed by atoms with Crippen molar-refractivity contribution in [2.75, 3.05) is 31.2 Å². The van der Waals surface area contributed by atoms with Crippen LogP contribution in [0.2, 0.25) is 0 Å². The van der Waals surface area contributed by atoms with Gasteiger partial charge in [0, 0.05) is 17.6 Å². The van der Waals surface area contributed by atoms with Crippen LogP contribution >= 0.6 is 15.9 Å². The van der Waals surface area contributed by atoms with E-state index < -0.39 is 40.2 Å². The number of carboxylic acid groups (broad SMARTS) is 1. The van der Waals surface area contributed by atoms with Gasteiger partial charge in [0.05, 0.1) is 23.1 Å². The monoisotopic (exact) mass is 541 g/mol. The first-order valence-electron chi connectivity index (χ1n) is 9.79. The van der Waals surface area contributed by atoms with Crippen LogP contribution in [-0.2, 0) is 14.6 Å². The van der Waals surface area contributed by atoms with Crippen LogP contribution in [0.4, 0.5) is 4.39 Å². The molecule has 176 valence electrons. The number of hydrogen-bond acceptors (Lipinski definition) is 7. The SMILES string of the molecule is N=C(NC(=O)c1cc(Br)ccc1OCC(=O)O)C(c1ccc(F)cc1)N1CCS(=O)(=O)CC1. The van der Waals surface area contributed by atoms with Gasteiger partial charge in [0.15, 0.2) is 16.4 Å². The van der Waals surface area contributed by atoms with Crippen molar-refractivity contribution in [3.63, 3.8) is 0 Å². The minimum Gasteiger partial charge on any atom is -0.481 e. The fourth-order valence-electron chi connectivity index (χ4n) is 3.39. The van der Waals surface area contributed by atoms with Gasteiger partial charge in [-0.1, -0.05) is 28.1 Å². The van der Waals surface area contributed by atoms with Gasteiger partial charge < -0.3 is 15.2 Å². The summed E-state index contributed by atoms with van der Waals surface area (Å²) in [4.78, 5) is 25.6. The Morgan fingerprint density at radius 1 is 1.18 bits per heavy atom. The van der Waals surface area contributed by atoms with E-state index in [0.29, 0.717) is 10.0 Å². The van der Waals surface area contributed by atoms with Crippen LogP contribution in [0.15, 0.2) is 46.9 Å². The maximum atomic E-state index is 13.5. The predicted molar refractivity (Wildman–Crippen MR) is 122 cm³/mol. The number of amides is 1. The molecule has 1 amide bonds. The lowest BCUT2D eigenvalue weighted by Gasteiger charge is -2.35. The minimum absolute atomic E-state index is 0.00875. The molecule has 1 saturated heterocycles. The van der Waals surface area contributed by atoms with Gasteiger partial charge in [-0.05, 0) is 35.9 Å². The molecular formula is C21H21BrFN3O6S. The quantitative estimate of drug-likeness (QED) is 0.361. The Morgan fingerprint density at radius 2 is 1.82 bits per heavy atom. The van der Waals surface area contributed by atoms with Crippen LogP contribution in [0.5, 0.6) is 5.75 Å². The number of rotatable bonds is 7. The summed E-state index contributed by atoms with van der Waals surface area (Å²) in [7, 11) is -3.18. The fourth-order valence-corrected chi connectivity index (χ4v) is 4.98. The normalized spacial score (nSPS) is 16.5. The molecule has 2 aromatic carbocycles. The molecule has 0 aromatic heterocycles. The minimum atomic E-state index is -3.18. The first-order chi connectivity index (χ1) is 15.6. The van der Waals surface area contributed by atoms with Crippen molar-refractivity contribution in [1.82, 2.24) is 10.2 Å². The molecule has 1 unspecified atom stereocenters. The standard InChI is InChI=1S/C21H21BrFN3O6S/c22-14-3-6-17(32-12-18(27)28)16(11-14)21(29)25-20(24)19(13-1-4-15(23)5-2-13)26-7-9-33(30,31)10-8-26/h1-6,11,19H,7-10,12H2,(H,27,28)(H2,24,25,29). The molecule has 0 aliphatic carbocycles. The molecular weight excluding hydrogens is 521 g/mol. The Morgan fingerprint density at radius 3 is 2.42 bits per heavy atom. The van der Waals surface area contributed by atoms with Crippen LogP contribution in [-0.4, -0.2) is 67.3 Å². The maximum Gasteiger partial charge on any atom is 0.341 e. The van der Waals surface area contributed by atoms with Crippen molar-refractivity contribution in [3.8, 4) is 5.75 Å². The Hall–Kier alpha value is -2.83. The van der Waals surface area contributed by atoms with E-state index >= 15 is 0 Å². The third-order valence-corrected chi connectivity index (χ3v) is 7.09. The Bertz CT molecular complexity index is 1160. The summed E-state index contributed by atoms with van der Waals surface area (Å²) in [6, 6.07) is 9.02. The Labute approximate surface area is 198 Å². The topological polar surface area (TPSA) is 137 Å². The zero-order chi connectivity index (χ0) is 24.2. The molecule has 3 N–H and O–H groups in total. The third kappa shape index (κ3) is 6.59. The lowest BCUT2D eigenvalue weighted by Crippen LogP contribution is -2.48. The summed E-state index contributed by atoms with van der Waals surface area (Å²) in [5.41, 5.74) is 0.520. The van der Waals surface area contributed by atoms with Crippen molar-refractivity contribution in [2.45, 2.75) is 6.04 Å². The van der Waals surface area contributed by atoms with E-state index in [0.717, 1.165) is 0 Å². The molecule has 9 nitrogen and oxygen atoms in total. The van der Waals surface area contributed by atoms with E-state index in [2.05, 4.69) is 21.2 Å². The van der Waals surface area contributed by atoms with Crippen LogP contribution in [0, 0.1) is 11.2 Å². The number of benzene rings is 2. The molecule has 0 spiro atoms. The average Bonchev–Trinajstić information content (AvgIpc) is 2.75. The highest BCUT2D eigenvalue weighted by atomic mass is 79.9. The van der Waals surface area contributed by atoms with E-state index in [1.165, 1.54) is 36.4 Å². The summed E-state index contributed by atoms with van der Waals surface area (Å²) in [6.45, 7) is -0.362. The molecule has 0 saturated carbocycles. The molecule has 0 bridgehead atoms. The number of amidine groups is 1. The highest BCUT2D eigenvalue weighted by Crippen LogP contribution is 2.26. The number of nitrogens with zero attached hydrogens (tertiary/aromatic N) is 1. The Balaban J connectivity index is 1.86. The van der Waals surface area contributed by atoms with E-state index in [1.54, 1.807) is 11.0 Å². The number of carboxylic acids is 1. The third-order valence-electron chi connectivity index (χ3n) is 4.99. The molecule has 1 heterocycles. The zero-order valence-corrected chi connectivity index (χ0v) is 19.7. The second-order valence-corrected chi connectivity index (χ2v) is 10.6. The number of carbonyl (C=O) groups is 2. The van der Waals surface area contributed by atoms with Gasteiger partial charge >= 0.3 is 5.97 Å². The highest BCUT2D eigenvalue weighted by Gasteiger charge is 2.32. The van der Waals surface area contributed by atoms with Gasteiger partial charge in [0.2, 0.25) is 0 Å². The van der Waals surface area contributed by atoms with Crippen LogP contribution < -0.4 is 10.1 Å². The van der Waals surface area contributed by atoms with Gasteiger partial charge in [-0.2, -0.15) is 0 Å². The van der Waals surface area contributed by atoms with E-state index in [9.17, 15) is 22.4 Å². The fraction of sp³-hybridized carbons (Fsp3) is 0.286. The summed E-state index contributed by atoms with van der Waals surface area (Å²) in [5.74, 6) is -2.80. The molecule has 1 atom stereocenters. The van der Waals surface area contributed by atoms with E-state index in [4.69, 9.17) is 15.3 Å². The molecule has 12 heteroatoms. The van der Waals surface area contributed by atoms with Gasteiger partial charge in [-0.15, -0.1) is 0 Å². The van der Waals surface area contributed by atoms with Crippen molar-refractivity contribution < 1.29 is 32.2 Å².